The number of alkyl halides is 8. The third-order valence-corrected chi connectivity index (χ3v) is 7.47. The van der Waals surface area contributed by atoms with E-state index in [9.17, 15) is 35.1 Å². The Bertz CT molecular complexity index is 1340. The van der Waals surface area contributed by atoms with Crippen LogP contribution in [0.5, 0.6) is 0 Å². The number of aryl methyl sites for hydroxylation is 2. The van der Waals surface area contributed by atoms with Crippen molar-refractivity contribution in [1.29, 1.82) is 0 Å². The van der Waals surface area contributed by atoms with E-state index in [1.165, 1.54) is 6.92 Å². The van der Waals surface area contributed by atoms with Crippen LogP contribution < -0.4 is 4.57 Å². The van der Waals surface area contributed by atoms with Crippen LogP contribution in [0.25, 0.3) is 22.0 Å². The summed E-state index contributed by atoms with van der Waals surface area (Å²) in [7, 11) is 1.61. The molecule has 5 rings (SSSR count). The molecule has 1 saturated carbocycles. The second-order valence-corrected chi connectivity index (χ2v) is 9.61. The molecule has 2 aromatic carbocycles. The number of hydrogen-bond donors (Lipinski definition) is 0. The molecule has 0 unspecified atom stereocenters. The maximum Gasteiger partial charge on any atom is 0.382 e. The molecule has 1 aromatic heterocycles. The second-order valence-electron chi connectivity index (χ2n) is 9.61. The summed E-state index contributed by atoms with van der Waals surface area (Å²) in [6, 6.07) is 8.52. The Kier molecular flexibility index (Phi) is 5.07. The lowest BCUT2D eigenvalue weighted by atomic mass is 9.78. The molecule has 9 heteroatoms. The van der Waals surface area contributed by atoms with Crippen LogP contribution in [0.15, 0.2) is 42.6 Å². The number of rotatable bonds is 2. The first-order valence-corrected chi connectivity index (χ1v) is 11.3. The highest BCUT2D eigenvalue weighted by atomic mass is 19.4. The standard InChI is InChI=1S/C26H22F8N/c1-14-11-20-21(24(29,30)26(33,34)25(31,32)23(20,27)28)13-19(14)22-18-8-7-16(15-5-3-4-6-15)12-17(18)9-10-35(22)2/h7-13,15H,3-6H2,1-2H3/q+1. The van der Waals surface area contributed by atoms with Gasteiger partial charge in [0.15, 0.2) is 6.20 Å². The van der Waals surface area contributed by atoms with Gasteiger partial charge in [0.1, 0.15) is 7.05 Å². The first kappa shape index (κ1) is 24.0. The lowest BCUT2D eigenvalue weighted by molar-refractivity contribution is -0.659. The molecule has 0 N–H and O–H groups in total. The van der Waals surface area contributed by atoms with Crippen LogP contribution in [0.4, 0.5) is 35.1 Å². The third-order valence-electron chi connectivity index (χ3n) is 7.47. The maximum atomic E-state index is 14.7. The zero-order valence-corrected chi connectivity index (χ0v) is 18.9. The van der Waals surface area contributed by atoms with Crippen molar-refractivity contribution >= 4 is 10.8 Å². The summed E-state index contributed by atoms with van der Waals surface area (Å²) in [5.41, 5.74) is -2.14. The fourth-order valence-electron chi connectivity index (χ4n) is 5.45. The topological polar surface area (TPSA) is 3.88 Å². The summed E-state index contributed by atoms with van der Waals surface area (Å²) in [5.74, 6) is -23.1. The number of halogens is 8. The zero-order valence-electron chi connectivity index (χ0n) is 18.9. The van der Waals surface area contributed by atoms with Gasteiger partial charge in [0.25, 0.3) is 0 Å². The smallest absolute Gasteiger partial charge is 0.200 e. The molecule has 0 saturated heterocycles. The lowest BCUT2D eigenvalue weighted by Crippen LogP contribution is -2.63. The first-order valence-electron chi connectivity index (χ1n) is 11.3. The van der Waals surface area contributed by atoms with Crippen molar-refractivity contribution in [2.24, 2.45) is 7.05 Å². The molecular weight excluding hydrogens is 478 g/mol. The Balaban J connectivity index is 1.75. The van der Waals surface area contributed by atoms with E-state index in [4.69, 9.17) is 0 Å². The molecule has 0 bridgehead atoms. The molecule has 0 radical (unpaired) electrons. The highest BCUT2D eigenvalue weighted by Crippen LogP contribution is 2.65. The number of hydrogen-bond acceptors (Lipinski definition) is 0. The van der Waals surface area contributed by atoms with E-state index in [-0.39, 0.29) is 11.1 Å². The van der Waals surface area contributed by atoms with Crippen LogP contribution in [0.3, 0.4) is 0 Å². The van der Waals surface area contributed by atoms with Crippen molar-refractivity contribution in [2.45, 2.75) is 62.2 Å². The van der Waals surface area contributed by atoms with E-state index in [0.717, 1.165) is 36.6 Å². The Labute approximate surface area is 196 Å². The summed E-state index contributed by atoms with van der Waals surface area (Å²) >= 11 is 0. The molecule has 35 heavy (non-hydrogen) atoms. The number of pyridine rings is 1. The molecule has 186 valence electrons. The fourth-order valence-corrected chi connectivity index (χ4v) is 5.45. The normalized spacial score (nSPS) is 22.3. The monoisotopic (exact) mass is 500 g/mol. The quantitative estimate of drug-likeness (QED) is 0.250. The van der Waals surface area contributed by atoms with Gasteiger partial charge in [-0.05, 0) is 60.4 Å². The summed E-state index contributed by atoms with van der Waals surface area (Å²) in [4.78, 5) is 0. The van der Waals surface area contributed by atoms with Crippen molar-refractivity contribution in [3.05, 3.63) is 64.8 Å². The Hall–Kier alpha value is -2.71. The SMILES string of the molecule is Cc1cc2c(cc1-c1c3ccc(C4CCCC4)cc3cc[n+]1C)C(F)(F)C(F)(F)C(F)(F)C2(F)F. The third kappa shape index (κ3) is 3.08. The van der Waals surface area contributed by atoms with Gasteiger partial charge >= 0.3 is 23.7 Å². The minimum atomic E-state index is -6.28. The molecule has 0 aliphatic heterocycles. The number of benzene rings is 2. The van der Waals surface area contributed by atoms with E-state index in [1.807, 2.05) is 18.2 Å². The van der Waals surface area contributed by atoms with Crippen LogP contribution in [0.1, 0.15) is 53.9 Å². The fraction of sp³-hybridized carbons (Fsp3) is 0.423. The number of fused-ring (bicyclic) bond motifs is 2. The minimum absolute atomic E-state index is 0.0109. The molecule has 2 aliphatic carbocycles. The van der Waals surface area contributed by atoms with Gasteiger partial charge in [0.2, 0.25) is 5.69 Å². The van der Waals surface area contributed by atoms with Gasteiger partial charge in [0, 0.05) is 17.2 Å². The van der Waals surface area contributed by atoms with Crippen molar-refractivity contribution in [3.8, 4) is 11.3 Å². The van der Waals surface area contributed by atoms with Gasteiger partial charge in [-0.1, -0.05) is 25.0 Å². The minimum Gasteiger partial charge on any atom is -0.200 e. The maximum absolute atomic E-state index is 14.7. The van der Waals surface area contributed by atoms with Gasteiger partial charge in [-0.3, -0.25) is 0 Å². The van der Waals surface area contributed by atoms with Crippen LogP contribution in [0, 0.1) is 6.92 Å². The van der Waals surface area contributed by atoms with Crippen molar-refractivity contribution in [3.63, 3.8) is 0 Å². The average Bonchev–Trinajstić information content (AvgIpc) is 3.33. The van der Waals surface area contributed by atoms with Crippen molar-refractivity contribution in [2.75, 3.05) is 0 Å². The summed E-state index contributed by atoms with van der Waals surface area (Å²) in [5, 5.41) is 1.37. The van der Waals surface area contributed by atoms with E-state index in [0.29, 0.717) is 29.1 Å². The van der Waals surface area contributed by atoms with E-state index >= 15 is 0 Å². The molecule has 0 spiro atoms. The van der Waals surface area contributed by atoms with Gasteiger partial charge in [-0.25, -0.2) is 4.57 Å². The second kappa shape index (κ2) is 7.40. The van der Waals surface area contributed by atoms with E-state index in [1.54, 1.807) is 23.9 Å². The van der Waals surface area contributed by atoms with Gasteiger partial charge in [0.05, 0.1) is 10.9 Å². The van der Waals surface area contributed by atoms with E-state index in [2.05, 4.69) is 0 Å². The molecule has 1 heterocycles. The largest absolute Gasteiger partial charge is 0.382 e. The van der Waals surface area contributed by atoms with Gasteiger partial charge < -0.3 is 0 Å². The Morgan fingerprint density at radius 1 is 0.771 bits per heavy atom. The molecule has 1 nitrogen and oxygen atoms in total. The summed E-state index contributed by atoms with van der Waals surface area (Å²) in [6.07, 6.45) is 6.05. The average molecular weight is 500 g/mol. The van der Waals surface area contributed by atoms with Crippen LogP contribution in [-0.2, 0) is 18.9 Å². The number of nitrogens with zero attached hydrogens (tertiary/aromatic N) is 1. The highest BCUT2D eigenvalue weighted by Gasteiger charge is 2.85. The van der Waals surface area contributed by atoms with Gasteiger partial charge in [-0.15, -0.1) is 0 Å². The Morgan fingerprint density at radius 2 is 1.34 bits per heavy atom. The number of aromatic nitrogens is 1. The molecule has 3 aromatic rings. The van der Waals surface area contributed by atoms with Crippen LogP contribution in [-0.4, -0.2) is 11.8 Å². The van der Waals surface area contributed by atoms with E-state index < -0.39 is 34.8 Å². The van der Waals surface area contributed by atoms with Crippen LogP contribution in [0.2, 0.25) is 0 Å². The molecule has 0 amide bonds. The molecule has 0 atom stereocenters. The molecule has 2 aliphatic rings. The zero-order chi connectivity index (χ0) is 25.6. The summed E-state index contributed by atoms with van der Waals surface area (Å²) < 4.78 is 116. The predicted octanol–water partition coefficient (Wildman–Crippen LogP) is 7.77. The van der Waals surface area contributed by atoms with Crippen LogP contribution >= 0.6 is 0 Å². The Morgan fingerprint density at radius 3 is 1.94 bits per heavy atom. The summed E-state index contributed by atoms with van der Waals surface area (Å²) in [6.45, 7) is 1.31. The van der Waals surface area contributed by atoms with Crippen molar-refractivity contribution < 1.29 is 39.7 Å². The predicted molar refractivity (Wildman–Crippen MR) is 114 cm³/mol. The van der Waals surface area contributed by atoms with Gasteiger partial charge in [-0.2, -0.15) is 35.1 Å². The highest BCUT2D eigenvalue weighted by molar-refractivity contribution is 5.94. The lowest BCUT2D eigenvalue weighted by Gasteiger charge is -2.43. The van der Waals surface area contributed by atoms with Crippen molar-refractivity contribution in [1.82, 2.24) is 0 Å². The first-order chi connectivity index (χ1) is 16.2. The molecular formula is C26H22F8N+. The molecule has 1 fully saturated rings.